The Morgan fingerprint density at radius 3 is 2.62 bits per heavy atom. The molecular formula is C17H15Cl2F3N4. The van der Waals surface area contributed by atoms with Gasteiger partial charge in [0.15, 0.2) is 5.69 Å². The van der Waals surface area contributed by atoms with Crippen molar-refractivity contribution in [2.75, 3.05) is 11.9 Å². The molecule has 0 bridgehead atoms. The van der Waals surface area contributed by atoms with E-state index in [0.717, 1.165) is 19.0 Å². The summed E-state index contributed by atoms with van der Waals surface area (Å²) in [5.41, 5.74) is -0.734. The molecule has 4 nitrogen and oxygen atoms in total. The number of halogens is 5. The molecule has 26 heavy (non-hydrogen) atoms. The highest BCUT2D eigenvalue weighted by molar-refractivity contribution is 6.36. The summed E-state index contributed by atoms with van der Waals surface area (Å²) in [6, 6.07) is 4.55. The zero-order chi connectivity index (χ0) is 18.9. The summed E-state index contributed by atoms with van der Waals surface area (Å²) in [5.74, 6) is 0.273. The molecule has 1 saturated carbocycles. The zero-order valence-corrected chi connectivity index (χ0v) is 15.0. The summed E-state index contributed by atoms with van der Waals surface area (Å²) in [7, 11) is 0. The van der Waals surface area contributed by atoms with Gasteiger partial charge in [-0.1, -0.05) is 29.8 Å². The number of aromatic nitrogens is 2. The number of nitrogens with one attached hydrogen (secondary N) is 2. The first-order valence-electron chi connectivity index (χ1n) is 7.83. The van der Waals surface area contributed by atoms with Crippen LogP contribution in [0, 0.1) is 5.92 Å². The third-order valence-electron chi connectivity index (χ3n) is 3.86. The van der Waals surface area contributed by atoms with Crippen molar-refractivity contribution in [3.8, 4) is 0 Å². The van der Waals surface area contributed by atoms with Crippen LogP contribution in [0.4, 0.5) is 24.8 Å². The van der Waals surface area contributed by atoms with Crippen LogP contribution >= 0.6 is 23.2 Å². The summed E-state index contributed by atoms with van der Waals surface area (Å²) in [5, 5.41) is 6.26. The Hall–Kier alpha value is -1.99. The zero-order valence-electron chi connectivity index (χ0n) is 13.5. The van der Waals surface area contributed by atoms with Gasteiger partial charge in [0.25, 0.3) is 0 Å². The molecule has 0 atom stereocenters. The third-order valence-corrected chi connectivity index (χ3v) is 4.41. The number of hydrogen-bond acceptors (Lipinski definition) is 4. The lowest BCUT2D eigenvalue weighted by Gasteiger charge is -2.16. The average molecular weight is 403 g/mol. The Kier molecular flexibility index (Phi) is 5.29. The third kappa shape index (κ3) is 4.59. The second-order valence-corrected chi connectivity index (χ2v) is 6.85. The molecule has 0 spiro atoms. The van der Waals surface area contributed by atoms with E-state index in [1.165, 1.54) is 12.1 Å². The molecule has 2 N–H and O–H groups in total. The number of nitrogens with zero attached hydrogens (tertiary/aromatic N) is 2. The molecule has 2 aromatic rings. The van der Waals surface area contributed by atoms with Crippen molar-refractivity contribution in [1.29, 1.82) is 0 Å². The van der Waals surface area contributed by atoms with Crippen LogP contribution in [0.25, 0.3) is 5.70 Å². The minimum Gasteiger partial charge on any atom is -0.385 e. The number of benzene rings is 1. The predicted molar refractivity (Wildman–Crippen MR) is 96.5 cm³/mol. The molecule has 1 heterocycles. The van der Waals surface area contributed by atoms with Gasteiger partial charge in [-0.25, -0.2) is 9.97 Å². The van der Waals surface area contributed by atoms with Crippen molar-refractivity contribution in [3.05, 3.63) is 52.3 Å². The van der Waals surface area contributed by atoms with Crippen LogP contribution in [-0.2, 0) is 6.18 Å². The quantitative estimate of drug-likeness (QED) is 0.667. The highest BCUT2D eigenvalue weighted by Gasteiger charge is 2.37. The van der Waals surface area contributed by atoms with Crippen LogP contribution in [0.5, 0.6) is 0 Å². The SMILES string of the molecule is C=C(NCC1CC1)c1cnc(Nc2ccc(Cl)cc2Cl)nc1C(F)(F)F. The van der Waals surface area contributed by atoms with Gasteiger partial charge in [0, 0.05) is 29.0 Å². The Bertz CT molecular complexity index is 835. The number of anilines is 2. The molecule has 1 fully saturated rings. The maximum atomic E-state index is 13.4. The fourth-order valence-electron chi connectivity index (χ4n) is 2.28. The van der Waals surface area contributed by atoms with Crippen LogP contribution in [0.2, 0.25) is 10.0 Å². The summed E-state index contributed by atoms with van der Waals surface area (Å²) in [4.78, 5) is 7.59. The maximum Gasteiger partial charge on any atom is 0.434 e. The molecule has 1 aliphatic carbocycles. The van der Waals surface area contributed by atoms with E-state index in [-0.39, 0.29) is 22.2 Å². The van der Waals surface area contributed by atoms with E-state index in [9.17, 15) is 13.2 Å². The molecule has 0 radical (unpaired) electrons. The van der Waals surface area contributed by atoms with Crippen LogP contribution in [0.3, 0.4) is 0 Å². The van der Waals surface area contributed by atoms with Crippen molar-refractivity contribution in [3.63, 3.8) is 0 Å². The molecule has 1 aromatic heterocycles. The molecule has 3 rings (SSSR count). The van der Waals surface area contributed by atoms with Gasteiger partial charge in [0.2, 0.25) is 5.95 Å². The van der Waals surface area contributed by atoms with E-state index in [1.807, 2.05) is 0 Å². The van der Waals surface area contributed by atoms with Gasteiger partial charge < -0.3 is 10.6 Å². The lowest BCUT2D eigenvalue weighted by Crippen LogP contribution is -2.20. The van der Waals surface area contributed by atoms with E-state index >= 15 is 0 Å². The van der Waals surface area contributed by atoms with Crippen molar-refractivity contribution >= 4 is 40.5 Å². The van der Waals surface area contributed by atoms with Crippen LogP contribution in [0.15, 0.2) is 31.0 Å². The fourth-order valence-corrected chi connectivity index (χ4v) is 2.73. The molecule has 1 aromatic carbocycles. The number of rotatable bonds is 6. The van der Waals surface area contributed by atoms with Gasteiger partial charge in [-0.3, -0.25) is 0 Å². The van der Waals surface area contributed by atoms with E-state index in [1.54, 1.807) is 6.07 Å². The first-order chi connectivity index (χ1) is 12.2. The van der Waals surface area contributed by atoms with Crippen LogP contribution in [0.1, 0.15) is 24.1 Å². The highest BCUT2D eigenvalue weighted by Crippen LogP contribution is 2.35. The Balaban J connectivity index is 1.86. The lowest BCUT2D eigenvalue weighted by molar-refractivity contribution is -0.141. The van der Waals surface area contributed by atoms with Crippen LogP contribution in [-0.4, -0.2) is 16.5 Å². The first-order valence-corrected chi connectivity index (χ1v) is 8.59. The normalized spacial score (nSPS) is 14.2. The highest BCUT2D eigenvalue weighted by atomic mass is 35.5. The smallest absolute Gasteiger partial charge is 0.385 e. The summed E-state index contributed by atoms with van der Waals surface area (Å²) >= 11 is 11.8. The standard InChI is InChI=1S/C17H15Cl2F3N4/c1-9(23-7-10-2-3-10)12-8-24-16(26-15(12)17(20,21)22)25-14-5-4-11(18)6-13(14)19/h4-6,8,10,23H,1-3,7H2,(H,24,25,26). The van der Waals surface area contributed by atoms with Crippen LogP contribution < -0.4 is 10.6 Å². The summed E-state index contributed by atoms with van der Waals surface area (Å²) in [6.07, 6.45) is -1.39. The predicted octanol–water partition coefficient (Wildman–Crippen LogP) is 5.52. The van der Waals surface area contributed by atoms with E-state index in [4.69, 9.17) is 23.2 Å². The summed E-state index contributed by atoms with van der Waals surface area (Å²) in [6.45, 7) is 4.28. The van der Waals surface area contributed by atoms with Gasteiger partial charge in [0.1, 0.15) is 0 Å². The maximum absolute atomic E-state index is 13.4. The lowest BCUT2D eigenvalue weighted by atomic mass is 10.1. The molecule has 1 aliphatic rings. The fraction of sp³-hybridized carbons (Fsp3) is 0.294. The average Bonchev–Trinajstić information content (AvgIpc) is 3.39. The molecule has 0 saturated heterocycles. The van der Waals surface area contributed by atoms with Gasteiger partial charge >= 0.3 is 6.18 Å². The van der Waals surface area contributed by atoms with Gasteiger partial charge in [-0.15, -0.1) is 0 Å². The molecule has 138 valence electrons. The van der Waals surface area contributed by atoms with Gasteiger partial charge in [-0.2, -0.15) is 13.2 Å². The molecule has 0 unspecified atom stereocenters. The van der Waals surface area contributed by atoms with Gasteiger partial charge in [0.05, 0.1) is 10.7 Å². The largest absolute Gasteiger partial charge is 0.434 e. The molecule has 0 amide bonds. The minimum absolute atomic E-state index is 0.153. The van der Waals surface area contributed by atoms with Gasteiger partial charge in [-0.05, 0) is 37.0 Å². The Morgan fingerprint density at radius 2 is 2.00 bits per heavy atom. The second kappa shape index (κ2) is 7.32. The minimum atomic E-state index is -4.65. The summed E-state index contributed by atoms with van der Waals surface area (Å²) < 4.78 is 40.3. The van der Waals surface area contributed by atoms with E-state index in [0.29, 0.717) is 23.2 Å². The Morgan fingerprint density at radius 1 is 1.27 bits per heavy atom. The van der Waals surface area contributed by atoms with Crippen molar-refractivity contribution in [2.45, 2.75) is 19.0 Å². The van der Waals surface area contributed by atoms with Crippen molar-refractivity contribution in [1.82, 2.24) is 15.3 Å². The van der Waals surface area contributed by atoms with Crippen molar-refractivity contribution < 1.29 is 13.2 Å². The first kappa shape index (κ1) is 18.8. The number of alkyl halides is 3. The molecular weight excluding hydrogens is 388 g/mol. The molecule has 9 heteroatoms. The Labute approximate surface area is 158 Å². The topological polar surface area (TPSA) is 49.8 Å². The van der Waals surface area contributed by atoms with E-state index in [2.05, 4.69) is 27.2 Å². The molecule has 0 aliphatic heterocycles. The van der Waals surface area contributed by atoms with Crippen molar-refractivity contribution in [2.24, 2.45) is 5.92 Å². The monoisotopic (exact) mass is 402 g/mol. The second-order valence-electron chi connectivity index (χ2n) is 6.01. The number of hydrogen-bond donors (Lipinski definition) is 2. The van der Waals surface area contributed by atoms with E-state index < -0.39 is 11.9 Å².